The molecule has 28 heavy (non-hydrogen) atoms. The third-order valence-corrected chi connectivity index (χ3v) is 4.72. The van der Waals surface area contributed by atoms with Gasteiger partial charge in [0.1, 0.15) is 0 Å². The first-order valence-corrected chi connectivity index (χ1v) is 9.52. The van der Waals surface area contributed by atoms with E-state index in [9.17, 15) is 0 Å². The second-order valence-electron chi connectivity index (χ2n) is 6.70. The Hall–Kier alpha value is -3.52. The van der Waals surface area contributed by atoms with Gasteiger partial charge in [-0.15, -0.1) is 0 Å². The molecule has 0 saturated heterocycles. The number of aromatic nitrogens is 1. The zero-order valence-electron chi connectivity index (χ0n) is 15.6. The molecule has 1 aromatic heterocycles. The van der Waals surface area contributed by atoms with Gasteiger partial charge >= 0.3 is 0 Å². The van der Waals surface area contributed by atoms with Gasteiger partial charge in [-0.25, -0.2) is 0 Å². The van der Waals surface area contributed by atoms with E-state index in [1.807, 2.05) is 24.4 Å². The smallest absolute Gasteiger partial charge is 0.0797 e. The summed E-state index contributed by atoms with van der Waals surface area (Å²) in [7, 11) is 0. The van der Waals surface area contributed by atoms with Crippen molar-refractivity contribution >= 4 is 5.71 Å². The van der Waals surface area contributed by atoms with E-state index in [4.69, 9.17) is 4.99 Å². The molecular weight excluding hydrogens is 340 g/mol. The van der Waals surface area contributed by atoms with Crippen molar-refractivity contribution in [3.05, 3.63) is 138 Å². The average molecular weight is 362 g/mol. The lowest BCUT2D eigenvalue weighted by Crippen LogP contribution is -2.09. The normalized spacial score (nSPS) is 12.5. The Morgan fingerprint density at radius 1 is 0.679 bits per heavy atom. The van der Waals surface area contributed by atoms with E-state index in [0.29, 0.717) is 0 Å². The van der Waals surface area contributed by atoms with Crippen LogP contribution in [0.3, 0.4) is 0 Å². The summed E-state index contributed by atoms with van der Waals surface area (Å²) in [5.41, 5.74) is 5.59. The van der Waals surface area contributed by atoms with E-state index < -0.39 is 0 Å². The first-order valence-electron chi connectivity index (χ1n) is 9.52. The maximum atomic E-state index is 5.26. The Kier molecular flexibility index (Phi) is 5.69. The summed E-state index contributed by atoms with van der Waals surface area (Å²) in [6.45, 7) is 0. The van der Waals surface area contributed by atoms with Gasteiger partial charge in [0.2, 0.25) is 0 Å². The summed E-state index contributed by atoms with van der Waals surface area (Å²) in [6.07, 6.45) is 4.53. The fourth-order valence-corrected chi connectivity index (χ4v) is 3.32. The Morgan fingerprint density at radius 3 is 1.93 bits per heavy atom. The SMILES string of the molecule is c1ccc(CC(N=C(c2ccccc2)c2cccnc2)c2ccccc2)cc1. The molecule has 1 unspecified atom stereocenters. The van der Waals surface area contributed by atoms with Crippen LogP contribution in [0.5, 0.6) is 0 Å². The average Bonchev–Trinajstić information content (AvgIpc) is 2.79. The van der Waals surface area contributed by atoms with Crippen molar-refractivity contribution in [2.45, 2.75) is 12.5 Å². The second kappa shape index (κ2) is 8.92. The molecule has 0 fully saturated rings. The summed E-state index contributed by atoms with van der Waals surface area (Å²) in [4.78, 5) is 9.57. The Balaban J connectivity index is 1.81. The maximum Gasteiger partial charge on any atom is 0.0797 e. The van der Waals surface area contributed by atoms with Crippen LogP contribution in [0.2, 0.25) is 0 Å². The summed E-state index contributed by atoms with van der Waals surface area (Å²) in [5.74, 6) is 0. The van der Waals surface area contributed by atoms with Crippen molar-refractivity contribution in [1.29, 1.82) is 0 Å². The summed E-state index contributed by atoms with van der Waals surface area (Å²) in [6, 6.07) is 35.5. The standard InChI is InChI=1S/C26H22N2/c1-4-11-21(12-5-1)19-25(22-13-6-2-7-14-22)28-26(23-15-8-3-9-16-23)24-17-10-18-27-20-24/h1-18,20,25H,19H2. The Labute approximate surface area is 166 Å². The van der Waals surface area contributed by atoms with Gasteiger partial charge in [0.05, 0.1) is 11.8 Å². The number of pyridine rings is 1. The van der Waals surface area contributed by atoms with Crippen molar-refractivity contribution in [2.24, 2.45) is 4.99 Å². The molecule has 2 nitrogen and oxygen atoms in total. The predicted octanol–water partition coefficient (Wildman–Crippen LogP) is 5.90. The monoisotopic (exact) mass is 362 g/mol. The Bertz CT molecular complexity index is 970. The molecule has 3 aromatic carbocycles. The summed E-state index contributed by atoms with van der Waals surface area (Å²) >= 11 is 0. The molecule has 0 spiro atoms. The van der Waals surface area contributed by atoms with Gasteiger partial charge in [-0.3, -0.25) is 9.98 Å². The predicted molar refractivity (Wildman–Crippen MR) is 116 cm³/mol. The van der Waals surface area contributed by atoms with Crippen molar-refractivity contribution in [1.82, 2.24) is 4.98 Å². The molecule has 0 saturated carbocycles. The van der Waals surface area contributed by atoms with Crippen LogP contribution >= 0.6 is 0 Å². The van der Waals surface area contributed by atoms with Crippen molar-refractivity contribution in [2.75, 3.05) is 0 Å². The zero-order valence-corrected chi connectivity index (χ0v) is 15.6. The highest BCUT2D eigenvalue weighted by molar-refractivity contribution is 6.12. The largest absolute Gasteiger partial charge is 0.276 e. The van der Waals surface area contributed by atoms with Gasteiger partial charge < -0.3 is 0 Å². The molecule has 4 rings (SSSR count). The zero-order chi connectivity index (χ0) is 19.0. The molecule has 136 valence electrons. The first kappa shape index (κ1) is 17.9. The van der Waals surface area contributed by atoms with E-state index in [1.165, 1.54) is 11.1 Å². The minimum absolute atomic E-state index is 0.0269. The van der Waals surface area contributed by atoms with Crippen LogP contribution in [0.15, 0.2) is 121 Å². The van der Waals surface area contributed by atoms with Crippen LogP contribution in [0.25, 0.3) is 0 Å². The molecule has 1 heterocycles. The lowest BCUT2D eigenvalue weighted by molar-refractivity contribution is 0.725. The van der Waals surface area contributed by atoms with Crippen LogP contribution in [0.1, 0.15) is 28.3 Å². The van der Waals surface area contributed by atoms with Crippen LogP contribution < -0.4 is 0 Å². The molecular formula is C26H22N2. The highest BCUT2D eigenvalue weighted by Gasteiger charge is 2.15. The van der Waals surface area contributed by atoms with Gasteiger partial charge in [0, 0.05) is 23.5 Å². The quantitative estimate of drug-likeness (QED) is 0.392. The number of aliphatic imine (C=N–C) groups is 1. The van der Waals surface area contributed by atoms with Crippen LogP contribution in [0, 0.1) is 0 Å². The second-order valence-corrected chi connectivity index (χ2v) is 6.70. The molecule has 0 amide bonds. The van der Waals surface area contributed by atoms with E-state index in [-0.39, 0.29) is 6.04 Å². The lowest BCUT2D eigenvalue weighted by Gasteiger charge is -2.17. The van der Waals surface area contributed by atoms with Crippen LogP contribution in [-0.4, -0.2) is 10.7 Å². The third kappa shape index (κ3) is 4.41. The lowest BCUT2D eigenvalue weighted by atomic mass is 9.97. The first-order chi connectivity index (χ1) is 13.9. The highest BCUT2D eigenvalue weighted by atomic mass is 14.8. The number of hydrogen-bond acceptors (Lipinski definition) is 2. The summed E-state index contributed by atoms with van der Waals surface area (Å²) < 4.78 is 0. The summed E-state index contributed by atoms with van der Waals surface area (Å²) in [5, 5.41) is 0. The van der Waals surface area contributed by atoms with E-state index in [1.54, 1.807) is 6.20 Å². The van der Waals surface area contributed by atoms with Crippen molar-refractivity contribution in [3.63, 3.8) is 0 Å². The van der Waals surface area contributed by atoms with Gasteiger partial charge in [-0.1, -0.05) is 91.0 Å². The third-order valence-electron chi connectivity index (χ3n) is 4.72. The van der Waals surface area contributed by atoms with Crippen molar-refractivity contribution in [3.8, 4) is 0 Å². The van der Waals surface area contributed by atoms with Gasteiger partial charge in [-0.2, -0.15) is 0 Å². The fraction of sp³-hybridized carbons (Fsp3) is 0.0769. The van der Waals surface area contributed by atoms with Gasteiger partial charge in [-0.05, 0) is 29.7 Å². The van der Waals surface area contributed by atoms with Crippen molar-refractivity contribution < 1.29 is 0 Å². The number of hydrogen-bond donors (Lipinski definition) is 0. The van der Waals surface area contributed by atoms with Gasteiger partial charge in [0.25, 0.3) is 0 Å². The number of nitrogens with zero attached hydrogens (tertiary/aromatic N) is 2. The minimum Gasteiger partial charge on any atom is -0.276 e. The molecule has 4 aromatic rings. The Morgan fingerprint density at radius 2 is 1.29 bits per heavy atom. The minimum atomic E-state index is 0.0269. The van der Waals surface area contributed by atoms with E-state index in [2.05, 4.69) is 89.9 Å². The number of benzene rings is 3. The van der Waals surface area contributed by atoms with Gasteiger partial charge in [0.15, 0.2) is 0 Å². The van der Waals surface area contributed by atoms with Crippen LogP contribution in [0.4, 0.5) is 0 Å². The maximum absolute atomic E-state index is 5.26. The molecule has 1 atom stereocenters. The number of rotatable bonds is 6. The fourth-order valence-electron chi connectivity index (χ4n) is 3.32. The molecule has 0 N–H and O–H groups in total. The molecule has 0 bridgehead atoms. The molecule has 0 aliphatic carbocycles. The topological polar surface area (TPSA) is 25.2 Å². The van der Waals surface area contributed by atoms with E-state index in [0.717, 1.165) is 23.3 Å². The highest BCUT2D eigenvalue weighted by Crippen LogP contribution is 2.25. The van der Waals surface area contributed by atoms with E-state index >= 15 is 0 Å². The molecule has 0 aliphatic rings. The molecule has 0 radical (unpaired) electrons. The molecule has 0 aliphatic heterocycles. The molecule has 2 heteroatoms. The van der Waals surface area contributed by atoms with Crippen LogP contribution in [-0.2, 0) is 6.42 Å².